The van der Waals surface area contributed by atoms with Gasteiger partial charge in [-0.25, -0.2) is 4.98 Å². The second kappa shape index (κ2) is 7.41. The maximum atomic E-state index is 11.9. The first kappa shape index (κ1) is 15.0. The van der Waals surface area contributed by atoms with Gasteiger partial charge in [0.2, 0.25) is 0 Å². The van der Waals surface area contributed by atoms with E-state index < -0.39 is 0 Å². The molecule has 0 saturated carbocycles. The molecule has 6 heteroatoms. The van der Waals surface area contributed by atoms with Crippen molar-refractivity contribution in [1.82, 2.24) is 14.9 Å². The van der Waals surface area contributed by atoms with Crippen LogP contribution in [-0.4, -0.2) is 46.8 Å². The molecule has 0 spiro atoms. The minimum Gasteiger partial charge on any atom is -0.330 e. The van der Waals surface area contributed by atoms with Crippen molar-refractivity contribution in [3.8, 4) is 0 Å². The van der Waals surface area contributed by atoms with Gasteiger partial charge in [0.1, 0.15) is 5.69 Å². The van der Waals surface area contributed by atoms with Crippen molar-refractivity contribution in [2.24, 2.45) is 11.7 Å². The number of rotatable bonds is 4. The SMILES string of the molecule is Cl.NCC1CCCN(CC(=O)c2cnccn2)C1. The van der Waals surface area contributed by atoms with Gasteiger partial charge in [0.15, 0.2) is 5.78 Å². The first-order chi connectivity index (χ1) is 8.29. The van der Waals surface area contributed by atoms with E-state index in [0.717, 1.165) is 19.5 Å². The number of halogens is 1. The third-order valence-electron chi connectivity index (χ3n) is 3.15. The fourth-order valence-corrected chi connectivity index (χ4v) is 2.21. The molecule has 0 amide bonds. The Hall–Kier alpha value is -1.04. The quantitative estimate of drug-likeness (QED) is 0.818. The summed E-state index contributed by atoms with van der Waals surface area (Å²) < 4.78 is 0. The molecule has 0 bridgehead atoms. The van der Waals surface area contributed by atoms with E-state index in [1.54, 1.807) is 12.4 Å². The summed E-state index contributed by atoms with van der Waals surface area (Å²) in [7, 11) is 0. The first-order valence-electron chi connectivity index (χ1n) is 6.01. The summed E-state index contributed by atoms with van der Waals surface area (Å²) >= 11 is 0. The molecular weight excluding hydrogens is 252 g/mol. The van der Waals surface area contributed by atoms with E-state index in [1.807, 2.05) is 0 Å². The Balaban J connectivity index is 0.00000162. The van der Waals surface area contributed by atoms with E-state index in [4.69, 9.17) is 5.73 Å². The minimum absolute atomic E-state index is 0. The van der Waals surface area contributed by atoms with E-state index >= 15 is 0 Å². The highest BCUT2D eigenvalue weighted by Gasteiger charge is 2.21. The molecule has 18 heavy (non-hydrogen) atoms. The van der Waals surface area contributed by atoms with Crippen LogP contribution in [-0.2, 0) is 0 Å². The number of likely N-dealkylation sites (tertiary alicyclic amines) is 1. The van der Waals surface area contributed by atoms with Crippen LogP contribution >= 0.6 is 12.4 Å². The van der Waals surface area contributed by atoms with Crippen LogP contribution in [0.1, 0.15) is 23.3 Å². The predicted molar refractivity (Wildman–Crippen MR) is 71.8 cm³/mol. The van der Waals surface area contributed by atoms with E-state index in [0.29, 0.717) is 24.7 Å². The molecule has 0 radical (unpaired) electrons. The molecule has 100 valence electrons. The average Bonchev–Trinajstić information content (AvgIpc) is 2.40. The van der Waals surface area contributed by atoms with Crippen molar-refractivity contribution >= 4 is 18.2 Å². The Morgan fingerprint density at radius 1 is 1.50 bits per heavy atom. The number of aromatic nitrogens is 2. The van der Waals surface area contributed by atoms with Gasteiger partial charge in [-0.2, -0.15) is 0 Å². The number of hydrogen-bond donors (Lipinski definition) is 1. The van der Waals surface area contributed by atoms with Gasteiger partial charge in [-0.05, 0) is 31.8 Å². The molecule has 1 aromatic rings. The molecule has 5 nitrogen and oxygen atoms in total. The standard InChI is InChI=1S/C12H18N4O.ClH/c13-6-10-2-1-5-16(8-10)9-12(17)11-7-14-3-4-15-11;/h3-4,7,10H,1-2,5-6,8-9,13H2;1H. The zero-order chi connectivity index (χ0) is 12.1. The molecule has 1 aliphatic heterocycles. The molecule has 1 unspecified atom stereocenters. The average molecular weight is 271 g/mol. The van der Waals surface area contributed by atoms with Crippen molar-refractivity contribution in [2.75, 3.05) is 26.2 Å². The normalized spacial score (nSPS) is 20.2. The first-order valence-corrected chi connectivity index (χ1v) is 6.01. The van der Waals surface area contributed by atoms with E-state index in [1.165, 1.54) is 12.6 Å². The molecule has 1 aliphatic rings. The predicted octanol–water partition coefficient (Wildman–Crippen LogP) is 0.752. The van der Waals surface area contributed by atoms with Crippen LogP contribution in [0.2, 0.25) is 0 Å². The number of hydrogen-bond acceptors (Lipinski definition) is 5. The van der Waals surface area contributed by atoms with Gasteiger partial charge in [-0.1, -0.05) is 0 Å². The summed E-state index contributed by atoms with van der Waals surface area (Å²) in [6.07, 6.45) is 6.93. The molecule has 0 aliphatic carbocycles. The lowest BCUT2D eigenvalue weighted by atomic mass is 9.98. The van der Waals surface area contributed by atoms with Crippen molar-refractivity contribution in [3.05, 3.63) is 24.3 Å². The van der Waals surface area contributed by atoms with Crippen molar-refractivity contribution in [2.45, 2.75) is 12.8 Å². The minimum atomic E-state index is 0. The Bertz CT molecular complexity index is 374. The monoisotopic (exact) mass is 270 g/mol. The Labute approximate surface area is 113 Å². The van der Waals surface area contributed by atoms with E-state index in [9.17, 15) is 4.79 Å². The fourth-order valence-electron chi connectivity index (χ4n) is 2.21. The molecule has 0 aromatic carbocycles. The van der Waals surface area contributed by atoms with Gasteiger partial charge in [0.05, 0.1) is 12.7 Å². The van der Waals surface area contributed by atoms with Crippen LogP contribution < -0.4 is 5.73 Å². The third-order valence-corrected chi connectivity index (χ3v) is 3.15. The lowest BCUT2D eigenvalue weighted by Crippen LogP contribution is -2.41. The zero-order valence-corrected chi connectivity index (χ0v) is 11.1. The molecule has 1 fully saturated rings. The van der Waals surface area contributed by atoms with Crippen molar-refractivity contribution in [1.29, 1.82) is 0 Å². The number of Topliss-reactive ketones (excluding diaryl/α,β-unsaturated/α-hetero) is 1. The Morgan fingerprint density at radius 2 is 2.33 bits per heavy atom. The summed E-state index contributed by atoms with van der Waals surface area (Å²) in [5.41, 5.74) is 6.12. The van der Waals surface area contributed by atoms with Crippen LogP contribution in [0, 0.1) is 5.92 Å². The molecule has 1 atom stereocenters. The van der Waals surface area contributed by atoms with E-state index in [2.05, 4.69) is 14.9 Å². The molecule has 2 heterocycles. The van der Waals surface area contributed by atoms with Gasteiger partial charge in [0.25, 0.3) is 0 Å². The van der Waals surface area contributed by atoms with E-state index in [-0.39, 0.29) is 18.2 Å². The van der Waals surface area contributed by atoms with Crippen LogP contribution in [0.15, 0.2) is 18.6 Å². The second-order valence-electron chi connectivity index (χ2n) is 4.49. The molecule has 2 N–H and O–H groups in total. The fraction of sp³-hybridized carbons (Fsp3) is 0.583. The van der Waals surface area contributed by atoms with Crippen molar-refractivity contribution in [3.63, 3.8) is 0 Å². The summed E-state index contributed by atoms with van der Waals surface area (Å²) in [5.74, 6) is 0.564. The smallest absolute Gasteiger partial charge is 0.196 e. The van der Waals surface area contributed by atoms with Gasteiger partial charge in [-0.15, -0.1) is 12.4 Å². The summed E-state index contributed by atoms with van der Waals surface area (Å²) in [4.78, 5) is 22.0. The van der Waals surface area contributed by atoms with Crippen LogP contribution in [0.5, 0.6) is 0 Å². The summed E-state index contributed by atoms with van der Waals surface area (Å²) in [5, 5.41) is 0. The van der Waals surface area contributed by atoms with Gasteiger partial charge in [0, 0.05) is 18.9 Å². The maximum absolute atomic E-state index is 11.9. The highest BCUT2D eigenvalue weighted by molar-refractivity contribution is 5.95. The highest BCUT2D eigenvalue weighted by atomic mass is 35.5. The lowest BCUT2D eigenvalue weighted by molar-refractivity contribution is 0.0884. The molecule has 1 aromatic heterocycles. The largest absolute Gasteiger partial charge is 0.330 e. The van der Waals surface area contributed by atoms with Crippen molar-refractivity contribution < 1.29 is 4.79 Å². The van der Waals surface area contributed by atoms with Crippen LogP contribution in [0.3, 0.4) is 0 Å². The third kappa shape index (κ3) is 4.01. The highest BCUT2D eigenvalue weighted by Crippen LogP contribution is 2.15. The van der Waals surface area contributed by atoms with Gasteiger partial charge >= 0.3 is 0 Å². The number of carbonyl (C=O) groups excluding carboxylic acids is 1. The lowest BCUT2D eigenvalue weighted by Gasteiger charge is -2.31. The topological polar surface area (TPSA) is 72.1 Å². The Kier molecular flexibility index (Phi) is 6.18. The van der Waals surface area contributed by atoms with Crippen LogP contribution in [0.4, 0.5) is 0 Å². The number of nitrogens with two attached hydrogens (primary N) is 1. The number of ketones is 1. The number of piperidine rings is 1. The summed E-state index contributed by atoms with van der Waals surface area (Å²) in [6.45, 7) is 3.02. The van der Waals surface area contributed by atoms with Gasteiger partial charge < -0.3 is 5.73 Å². The van der Waals surface area contributed by atoms with Gasteiger partial charge in [-0.3, -0.25) is 14.7 Å². The maximum Gasteiger partial charge on any atom is 0.196 e. The molecule has 2 rings (SSSR count). The Morgan fingerprint density at radius 3 is 3.00 bits per heavy atom. The molecule has 1 saturated heterocycles. The number of carbonyl (C=O) groups is 1. The zero-order valence-electron chi connectivity index (χ0n) is 10.3. The molecular formula is C12H19ClN4O. The second-order valence-corrected chi connectivity index (χ2v) is 4.49. The summed E-state index contributed by atoms with van der Waals surface area (Å²) in [6, 6.07) is 0. The number of nitrogens with zero attached hydrogens (tertiary/aromatic N) is 3. The van der Waals surface area contributed by atoms with Crippen LogP contribution in [0.25, 0.3) is 0 Å².